The lowest BCUT2D eigenvalue weighted by Crippen LogP contribution is -2.27. The molecule has 36 heavy (non-hydrogen) atoms. The number of fused-ring (bicyclic) bond motifs is 1. The molecule has 2 amide bonds. The van der Waals surface area contributed by atoms with E-state index in [-0.39, 0.29) is 48.3 Å². The molecule has 0 radical (unpaired) electrons. The van der Waals surface area contributed by atoms with Gasteiger partial charge in [0, 0.05) is 32.2 Å². The van der Waals surface area contributed by atoms with Gasteiger partial charge in [0.25, 0.3) is 5.91 Å². The first-order valence-corrected chi connectivity index (χ1v) is 11.2. The zero-order chi connectivity index (χ0) is 24.9. The van der Waals surface area contributed by atoms with Gasteiger partial charge in [-0.15, -0.1) is 0 Å². The number of carbonyl (C=O) groups excluding carboxylic acids is 2. The van der Waals surface area contributed by atoms with Crippen LogP contribution in [0.15, 0.2) is 25.0 Å². The maximum atomic E-state index is 15.1. The summed E-state index contributed by atoms with van der Waals surface area (Å²) in [5.74, 6) is 2.76. The number of nitrogens with two attached hydrogens (primary N) is 1. The Labute approximate surface area is 212 Å². The average Bonchev–Trinajstić information content (AvgIpc) is 3.25. The molecule has 0 bridgehead atoms. The van der Waals surface area contributed by atoms with Crippen molar-refractivity contribution >= 4 is 42.2 Å². The highest BCUT2D eigenvalue weighted by molar-refractivity contribution is 7.59. The van der Waals surface area contributed by atoms with Crippen LogP contribution in [-0.2, 0) is 4.79 Å². The van der Waals surface area contributed by atoms with Gasteiger partial charge in [0.2, 0.25) is 5.91 Å². The molecule has 3 heterocycles. The van der Waals surface area contributed by atoms with Crippen LogP contribution in [0, 0.1) is 23.5 Å². The third kappa shape index (κ3) is 4.19. The van der Waals surface area contributed by atoms with Crippen LogP contribution < -0.4 is 11.1 Å². The van der Waals surface area contributed by atoms with E-state index in [4.69, 9.17) is 5.73 Å². The number of carbonyl (C=O) groups is 2. The SMILES string of the molecule is C=CC(=O)N1CC[C@H](n2nc(C#Cc3c(F)cc4c(ncn4C4CC4)c3F)c(C(N)=O)c2NC)C1.S. The molecule has 3 aromatic rings. The lowest BCUT2D eigenvalue weighted by molar-refractivity contribution is -0.125. The van der Waals surface area contributed by atoms with Crippen molar-refractivity contribution < 1.29 is 18.4 Å². The number of imidazole rings is 1. The third-order valence-corrected chi connectivity index (χ3v) is 6.40. The number of nitrogens with zero attached hydrogens (tertiary/aromatic N) is 5. The van der Waals surface area contributed by atoms with Crippen LogP contribution in [0.5, 0.6) is 0 Å². The molecule has 2 fully saturated rings. The van der Waals surface area contributed by atoms with E-state index in [0.717, 1.165) is 12.8 Å². The molecular weight excluding hydrogens is 488 g/mol. The highest BCUT2D eigenvalue weighted by Crippen LogP contribution is 2.38. The summed E-state index contributed by atoms with van der Waals surface area (Å²) in [6.45, 7) is 4.36. The topological polar surface area (TPSA) is 111 Å². The monoisotopic (exact) mass is 513 g/mol. The maximum Gasteiger partial charge on any atom is 0.255 e. The second-order valence-corrected chi connectivity index (χ2v) is 8.61. The fourth-order valence-electron chi connectivity index (χ4n) is 4.51. The van der Waals surface area contributed by atoms with Crippen LogP contribution >= 0.6 is 13.5 Å². The molecule has 1 saturated carbocycles. The van der Waals surface area contributed by atoms with Crippen molar-refractivity contribution in [3.05, 3.63) is 53.5 Å². The van der Waals surface area contributed by atoms with Crippen LogP contribution in [0.4, 0.5) is 14.6 Å². The number of hydrogen-bond acceptors (Lipinski definition) is 5. The van der Waals surface area contributed by atoms with E-state index < -0.39 is 23.1 Å². The van der Waals surface area contributed by atoms with Crippen molar-refractivity contribution in [3.63, 3.8) is 0 Å². The summed E-state index contributed by atoms with van der Waals surface area (Å²) in [7, 11) is 1.60. The van der Waals surface area contributed by atoms with Crippen molar-refractivity contribution in [2.75, 3.05) is 25.5 Å². The van der Waals surface area contributed by atoms with Crippen molar-refractivity contribution in [2.45, 2.75) is 31.3 Å². The number of nitrogens with one attached hydrogen (secondary N) is 1. The molecule has 5 rings (SSSR count). The summed E-state index contributed by atoms with van der Waals surface area (Å²) in [4.78, 5) is 30.0. The standard InChI is InChI=1S/C24H23F2N7O2.H2S/c1-3-19(34)31-9-8-14(11-31)33-24(28-2)20(23(27)35)17(30-33)7-6-15-16(25)10-18-22(21(15)26)29-12-32(18)13-4-5-13;/h3,10,12-14,28H,1,4-5,8-9,11H2,2H3,(H2,27,35);1H2/t14-;/m0./s1. The van der Waals surface area contributed by atoms with E-state index in [0.29, 0.717) is 30.8 Å². The molecule has 0 spiro atoms. The van der Waals surface area contributed by atoms with Crippen LogP contribution in [-0.4, -0.2) is 56.2 Å². The molecule has 9 nitrogen and oxygen atoms in total. The molecule has 3 N–H and O–H groups in total. The lowest BCUT2D eigenvalue weighted by Gasteiger charge is -2.16. The van der Waals surface area contributed by atoms with Gasteiger partial charge in [0.15, 0.2) is 11.5 Å². The van der Waals surface area contributed by atoms with E-state index in [1.165, 1.54) is 18.5 Å². The molecular formula is C24H25F2N7O2S. The smallest absolute Gasteiger partial charge is 0.255 e. The Kier molecular flexibility index (Phi) is 6.77. The Balaban J connectivity index is 0.00000304. The summed E-state index contributed by atoms with van der Waals surface area (Å²) >= 11 is 0. The Morgan fingerprint density at radius 1 is 1.25 bits per heavy atom. The summed E-state index contributed by atoms with van der Waals surface area (Å²) in [5.41, 5.74) is 5.55. The Morgan fingerprint density at radius 2 is 2.00 bits per heavy atom. The fraction of sp³-hybridized carbons (Fsp3) is 0.333. The van der Waals surface area contributed by atoms with Crippen molar-refractivity contribution in [1.29, 1.82) is 0 Å². The van der Waals surface area contributed by atoms with Crippen molar-refractivity contribution in [2.24, 2.45) is 5.73 Å². The number of aromatic nitrogens is 4. The van der Waals surface area contributed by atoms with Gasteiger partial charge in [-0.05, 0) is 31.3 Å². The lowest BCUT2D eigenvalue weighted by atomic mass is 10.1. The van der Waals surface area contributed by atoms with Gasteiger partial charge in [-0.25, -0.2) is 18.4 Å². The summed E-state index contributed by atoms with van der Waals surface area (Å²) < 4.78 is 33.3. The molecule has 1 aliphatic heterocycles. The Hall–Kier alpha value is -3.85. The predicted molar refractivity (Wildman–Crippen MR) is 135 cm³/mol. The highest BCUT2D eigenvalue weighted by atomic mass is 32.1. The Bertz CT molecular complexity index is 1450. The maximum absolute atomic E-state index is 15.1. The van der Waals surface area contributed by atoms with E-state index in [2.05, 4.69) is 33.8 Å². The number of rotatable bonds is 5. The molecule has 2 aliphatic rings. The first kappa shape index (κ1) is 25.2. The van der Waals surface area contributed by atoms with Gasteiger partial charge in [0.05, 0.1) is 23.4 Å². The number of benzene rings is 1. The van der Waals surface area contributed by atoms with Crippen LogP contribution in [0.1, 0.15) is 53.0 Å². The molecule has 188 valence electrons. The normalized spacial score (nSPS) is 16.9. The second-order valence-electron chi connectivity index (χ2n) is 8.61. The zero-order valence-electron chi connectivity index (χ0n) is 19.5. The minimum atomic E-state index is -0.866. The minimum absolute atomic E-state index is 0. The number of halogens is 2. The van der Waals surface area contributed by atoms with Crippen LogP contribution in [0.25, 0.3) is 11.0 Å². The minimum Gasteiger partial charge on any atom is -0.373 e. The number of primary amides is 1. The van der Waals surface area contributed by atoms with E-state index >= 15 is 4.39 Å². The third-order valence-electron chi connectivity index (χ3n) is 6.40. The zero-order valence-corrected chi connectivity index (χ0v) is 20.5. The Morgan fingerprint density at radius 3 is 2.64 bits per heavy atom. The van der Waals surface area contributed by atoms with Gasteiger partial charge in [0.1, 0.15) is 22.7 Å². The summed E-state index contributed by atoms with van der Waals surface area (Å²) in [6, 6.07) is 1.20. The summed E-state index contributed by atoms with van der Waals surface area (Å²) in [6.07, 6.45) is 5.23. The molecule has 2 aromatic heterocycles. The average molecular weight is 514 g/mol. The number of hydrogen-bond donors (Lipinski definition) is 2. The number of amides is 2. The molecule has 1 atom stereocenters. The molecule has 1 aliphatic carbocycles. The summed E-state index contributed by atoms with van der Waals surface area (Å²) in [5, 5.41) is 7.34. The first-order chi connectivity index (χ1) is 16.8. The van der Waals surface area contributed by atoms with Gasteiger partial charge in [-0.3, -0.25) is 9.59 Å². The quantitative estimate of drug-likeness (QED) is 0.402. The number of likely N-dealkylation sites (tertiary alicyclic amines) is 1. The van der Waals surface area contributed by atoms with E-state index in [1.807, 2.05) is 0 Å². The van der Waals surface area contributed by atoms with Crippen LogP contribution in [0.2, 0.25) is 0 Å². The van der Waals surface area contributed by atoms with Gasteiger partial charge in [-0.2, -0.15) is 18.6 Å². The molecule has 1 aromatic carbocycles. The molecule has 12 heteroatoms. The molecule has 1 saturated heterocycles. The fourth-order valence-corrected chi connectivity index (χ4v) is 4.51. The second kappa shape index (κ2) is 9.66. The van der Waals surface area contributed by atoms with Crippen molar-refractivity contribution in [1.82, 2.24) is 24.2 Å². The first-order valence-electron chi connectivity index (χ1n) is 11.2. The number of anilines is 1. The van der Waals surface area contributed by atoms with Crippen LogP contribution in [0.3, 0.4) is 0 Å². The van der Waals surface area contributed by atoms with E-state index in [1.54, 1.807) is 21.2 Å². The van der Waals surface area contributed by atoms with Gasteiger partial charge < -0.3 is 20.5 Å². The van der Waals surface area contributed by atoms with Crippen molar-refractivity contribution in [3.8, 4) is 11.8 Å². The van der Waals surface area contributed by atoms with E-state index in [9.17, 15) is 14.0 Å². The highest BCUT2D eigenvalue weighted by Gasteiger charge is 2.31. The van der Waals surface area contributed by atoms with Gasteiger partial charge >= 0.3 is 0 Å². The molecule has 0 unspecified atom stereocenters. The van der Waals surface area contributed by atoms with Gasteiger partial charge in [-0.1, -0.05) is 12.5 Å². The largest absolute Gasteiger partial charge is 0.373 e. The predicted octanol–water partition coefficient (Wildman–Crippen LogP) is 2.46.